The predicted octanol–water partition coefficient (Wildman–Crippen LogP) is 1.98. The Morgan fingerprint density at radius 1 is 1.39 bits per heavy atom. The number of hydrogen-bond acceptors (Lipinski definition) is 3. The van der Waals surface area contributed by atoms with Crippen LogP contribution in [0.25, 0.3) is 0 Å². The van der Waals surface area contributed by atoms with Crippen LogP contribution in [0.3, 0.4) is 0 Å². The van der Waals surface area contributed by atoms with Crippen molar-refractivity contribution in [2.24, 2.45) is 5.73 Å². The van der Waals surface area contributed by atoms with E-state index in [0.717, 1.165) is 11.8 Å². The summed E-state index contributed by atoms with van der Waals surface area (Å²) in [5, 5.41) is 8.98. The number of primary amides is 1. The Balaban J connectivity index is 3.18. The van der Waals surface area contributed by atoms with Crippen molar-refractivity contribution in [1.29, 1.82) is 0 Å². The van der Waals surface area contributed by atoms with Crippen LogP contribution in [0.5, 0.6) is 0 Å². The van der Waals surface area contributed by atoms with Gasteiger partial charge >= 0.3 is 5.97 Å². The molecule has 1 aromatic rings. The molecule has 5 heteroatoms. The predicted molar refractivity (Wildman–Crippen MR) is 72.3 cm³/mol. The molecule has 2 unspecified atom stereocenters. The minimum atomic E-state index is -1.13. The van der Waals surface area contributed by atoms with Crippen molar-refractivity contribution in [2.75, 3.05) is 0 Å². The summed E-state index contributed by atoms with van der Waals surface area (Å²) < 4.78 is -1.13. The van der Waals surface area contributed by atoms with Gasteiger partial charge in [-0.1, -0.05) is 37.3 Å². The number of hydrogen-bond donors (Lipinski definition) is 2. The summed E-state index contributed by atoms with van der Waals surface area (Å²) >= 11 is 1.09. The average molecular weight is 267 g/mol. The molecule has 18 heavy (non-hydrogen) atoms. The summed E-state index contributed by atoms with van der Waals surface area (Å²) in [7, 11) is 0. The number of amides is 1. The first kappa shape index (κ1) is 14.6. The van der Waals surface area contributed by atoms with Gasteiger partial charge in [-0.2, -0.15) is 0 Å². The van der Waals surface area contributed by atoms with Crippen molar-refractivity contribution in [3.8, 4) is 0 Å². The van der Waals surface area contributed by atoms with Crippen molar-refractivity contribution in [1.82, 2.24) is 0 Å². The zero-order valence-electron chi connectivity index (χ0n) is 10.4. The largest absolute Gasteiger partial charge is 0.480 e. The Hall–Kier alpha value is -1.49. The molecule has 0 spiro atoms. The zero-order valence-corrected chi connectivity index (χ0v) is 11.2. The van der Waals surface area contributed by atoms with Gasteiger partial charge in [0.05, 0.1) is 5.25 Å². The highest BCUT2D eigenvalue weighted by Gasteiger charge is 2.41. The lowest BCUT2D eigenvalue weighted by molar-refractivity contribution is -0.140. The summed E-state index contributed by atoms with van der Waals surface area (Å²) in [6.07, 6.45) is 0.384. The van der Waals surface area contributed by atoms with Gasteiger partial charge in [0.25, 0.3) is 0 Å². The van der Waals surface area contributed by atoms with Gasteiger partial charge in [-0.15, -0.1) is 11.8 Å². The SMILES string of the molecule is CCC(SC(C)C(N)=O)(C(=O)O)c1ccccc1. The molecular weight excluding hydrogens is 250 g/mol. The maximum absolute atomic E-state index is 11.6. The number of rotatable bonds is 6. The molecule has 0 saturated heterocycles. The first-order chi connectivity index (χ1) is 8.44. The molecular formula is C13H17NO3S. The van der Waals surface area contributed by atoms with E-state index in [1.54, 1.807) is 38.1 Å². The normalized spacial score (nSPS) is 15.7. The van der Waals surface area contributed by atoms with E-state index in [1.807, 2.05) is 6.07 Å². The second kappa shape index (κ2) is 5.91. The van der Waals surface area contributed by atoms with Gasteiger partial charge in [0.2, 0.25) is 5.91 Å². The molecule has 0 aromatic heterocycles. The minimum Gasteiger partial charge on any atom is -0.480 e. The molecule has 0 aliphatic rings. The van der Waals surface area contributed by atoms with Crippen molar-refractivity contribution in [3.63, 3.8) is 0 Å². The van der Waals surface area contributed by atoms with Crippen LogP contribution in [0, 0.1) is 0 Å². The molecule has 0 heterocycles. The third-order valence-corrected chi connectivity index (χ3v) is 4.55. The number of aliphatic carboxylic acids is 1. The van der Waals surface area contributed by atoms with Gasteiger partial charge in [0.1, 0.15) is 4.75 Å². The fourth-order valence-corrected chi connectivity index (χ4v) is 3.01. The van der Waals surface area contributed by atoms with E-state index >= 15 is 0 Å². The van der Waals surface area contributed by atoms with Crippen LogP contribution in [0.15, 0.2) is 30.3 Å². The second-order valence-electron chi connectivity index (χ2n) is 4.01. The molecule has 1 aromatic carbocycles. The Labute approximate surface area is 111 Å². The standard InChI is InChI=1S/C13H17NO3S/c1-3-13(12(16)17,18-9(2)11(14)15)10-7-5-4-6-8-10/h4-9H,3H2,1-2H3,(H2,14,15)(H,16,17). The smallest absolute Gasteiger partial charge is 0.324 e. The van der Waals surface area contributed by atoms with Gasteiger partial charge < -0.3 is 10.8 Å². The lowest BCUT2D eigenvalue weighted by Crippen LogP contribution is -2.36. The van der Waals surface area contributed by atoms with Gasteiger partial charge in [0.15, 0.2) is 0 Å². The summed E-state index contributed by atoms with van der Waals surface area (Å²) in [6.45, 7) is 3.42. The fraction of sp³-hybridized carbons (Fsp3) is 0.385. The average Bonchev–Trinajstić information content (AvgIpc) is 2.36. The summed E-state index contributed by atoms with van der Waals surface area (Å²) in [6, 6.07) is 8.93. The fourth-order valence-electron chi connectivity index (χ4n) is 1.75. The van der Waals surface area contributed by atoms with E-state index in [0.29, 0.717) is 12.0 Å². The topological polar surface area (TPSA) is 80.4 Å². The molecule has 1 amide bonds. The second-order valence-corrected chi connectivity index (χ2v) is 5.65. The Bertz CT molecular complexity index is 435. The molecule has 0 aliphatic carbocycles. The van der Waals surface area contributed by atoms with Gasteiger partial charge in [-0.25, -0.2) is 0 Å². The monoisotopic (exact) mass is 267 g/mol. The lowest BCUT2D eigenvalue weighted by atomic mass is 9.95. The lowest BCUT2D eigenvalue weighted by Gasteiger charge is -2.30. The van der Waals surface area contributed by atoms with E-state index in [9.17, 15) is 14.7 Å². The van der Waals surface area contributed by atoms with Gasteiger partial charge in [-0.3, -0.25) is 9.59 Å². The van der Waals surface area contributed by atoms with Crippen LogP contribution < -0.4 is 5.73 Å². The highest BCUT2D eigenvalue weighted by molar-refractivity contribution is 8.02. The number of carbonyl (C=O) groups excluding carboxylic acids is 1. The molecule has 0 fully saturated rings. The van der Waals surface area contributed by atoms with Crippen LogP contribution in [0.1, 0.15) is 25.8 Å². The quantitative estimate of drug-likeness (QED) is 0.826. The highest BCUT2D eigenvalue weighted by Crippen LogP contribution is 2.42. The Morgan fingerprint density at radius 2 is 1.94 bits per heavy atom. The first-order valence-electron chi connectivity index (χ1n) is 5.70. The first-order valence-corrected chi connectivity index (χ1v) is 6.58. The van der Waals surface area contributed by atoms with E-state index in [2.05, 4.69) is 0 Å². The van der Waals surface area contributed by atoms with Crippen LogP contribution >= 0.6 is 11.8 Å². The molecule has 0 aliphatic heterocycles. The molecule has 0 saturated carbocycles. The van der Waals surface area contributed by atoms with Crippen molar-refractivity contribution in [3.05, 3.63) is 35.9 Å². The Kier molecular flexibility index (Phi) is 4.78. The maximum Gasteiger partial charge on any atom is 0.324 e. The van der Waals surface area contributed by atoms with Crippen LogP contribution in [-0.2, 0) is 14.3 Å². The number of carboxylic acid groups (broad SMARTS) is 1. The highest BCUT2D eigenvalue weighted by atomic mass is 32.2. The van der Waals surface area contributed by atoms with E-state index in [4.69, 9.17) is 5.73 Å². The van der Waals surface area contributed by atoms with Crippen molar-refractivity contribution < 1.29 is 14.7 Å². The van der Waals surface area contributed by atoms with E-state index in [1.165, 1.54) is 0 Å². The van der Waals surface area contributed by atoms with Gasteiger partial charge in [-0.05, 0) is 18.9 Å². The Morgan fingerprint density at radius 3 is 2.33 bits per heavy atom. The molecule has 0 radical (unpaired) electrons. The zero-order chi connectivity index (χ0) is 13.8. The van der Waals surface area contributed by atoms with Crippen LogP contribution in [0.2, 0.25) is 0 Å². The van der Waals surface area contributed by atoms with Crippen LogP contribution in [0.4, 0.5) is 0 Å². The maximum atomic E-state index is 11.6. The number of nitrogens with two attached hydrogens (primary N) is 1. The van der Waals surface area contributed by atoms with Crippen molar-refractivity contribution >= 4 is 23.6 Å². The number of thioether (sulfide) groups is 1. The van der Waals surface area contributed by atoms with E-state index in [-0.39, 0.29) is 0 Å². The summed E-state index contributed by atoms with van der Waals surface area (Å²) in [5.41, 5.74) is 5.90. The number of carboxylic acids is 1. The van der Waals surface area contributed by atoms with Crippen LogP contribution in [-0.4, -0.2) is 22.2 Å². The molecule has 98 valence electrons. The van der Waals surface area contributed by atoms with Crippen molar-refractivity contribution in [2.45, 2.75) is 30.3 Å². The molecule has 4 nitrogen and oxygen atoms in total. The molecule has 0 bridgehead atoms. The molecule has 2 atom stereocenters. The summed E-state index contributed by atoms with van der Waals surface area (Å²) in [4.78, 5) is 22.8. The molecule has 1 rings (SSSR count). The number of benzene rings is 1. The third-order valence-electron chi connectivity index (χ3n) is 2.86. The minimum absolute atomic E-state index is 0.384. The van der Waals surface area contributed by atoms with E-state index < -0.39 is 21.9 Å². The molecule has 3 N–H and O–H groups in total. The van der Waals surface area contributed by atoms with Gasteiger partial charge in [0, 0.05) is 0 Å². The number of carbonyl (C=O) groups is 2. The summed E-state index contributed by atoms with van der Waals surface area (Å²) in [5.74, 6) is -1.45. The third kappa shape index (κ3) is 2.85.